The molecule has 1 aliphatic carbocycles. The van der Waals surface area contributed by atoms with E-state index in [0.29, 0.717) is 6.42 Å². The molecule has 1 atom stereocenters. The molecule has 3 aromatic rings. The Labute approximate surface area is 163 Å². The van der Waals surface area contributed by atoms with Gasteiger partial charge in [-0.2, -0.15) is 4.37 Å². The molecule has 0 bridgehead atoms. The van der Waals surface area contributed by atoms with Crippen molar-refractivity contribution in [2.24, 2.45) is 5.92 Å². The molecule has 4 nitrogen and oxygen atoms in total. The number of ether oxygens (including phenoxy) is 1. The van der Waals surface area contributed by atoms with Crippen LogP contribution in [-0.2, 0) is 11.2 Å². The number of aromatic nitrogens is 1. The molecule has 1 aliphatic rings. The lowest BCUT2D eigenvalue weighted by atomic mass is 9.96. The van der Waals surface area contributed by atoms with Crippen molar-refractivity contribution < 1.29 is 14.6 Å². The Morgan fingerprint density at radius 3 is 2.85 bits per heavy atom. The molecule has 4 rings (SSSR count). The smallest absolute Gasteiger partial charge is 0.306 e. The zero-order valence-corrected chi connectivity index (χ0v) is 16.2. The van der Waals surface area contributed by atoms with Crippen LogP contribution in [0.1, 0.15) is 38.2 Å². The van der Waals surface area contributed by atoms with Crippen LogP contribution in [0, 0.1) is 5.92 Å². The molecule has 0 aliphatic heterocycles. The van der Waals surface area contributed by atoms with Gasteiger partial charge in [0.25, 0.3) is 0 Å². The summed E-state index contributed by atoms with van der Waals surface area (Å²) in [4.78, 5) is 11.2. The predicted molar refractivity (Wildman–Crippen MR) is 108 cm³/mol. The number of benzene rings is 2. The topological polar surface area (TPSA) is 59.4 Å². The molecule has 1 saturated carbocycles. The second-order valence-corrected chi connectivity index (χ2v) is 8.02. The third-order valence-corrected chi connectivity index (χ3v) is 5.93. The van der Waals surface area contributed by atoms with E-state index < -0.39 is 11.9 Å². The number of carboxylic acid groups (broad SMARTS) is 1. The molecule has 5 heteroatoms. The van der Waals surface area contributed by atoms with Crippen LogP contribution in [0.5, 0.6) is 5.75 Å². The van der Waals surface area contributed by atoms with Gasteiger partial charge in [0.15, 0.2) is 0 Å². The monoisotopic (exact) mass is 381 g/mol. The predicted octanol–water partition coefficient (Wildman–Crippen LogP) is 5.55. The minimum Gasteiger partial charge on any atom is -0.490 e. The van der Waals surface area contributed by atoms with E-state index in [9.17, 15) is 9.90 Å². The Hall–Kier alpha value is -2.40. The maximum Gasteiger partial charge on any atom is 0.306 e. The van der Waals surface area contributed by atoms with Crippen LogP contribution in [0.25, 0.3) is 22.0 Å². The van der Waals surface area contributed by atoms with E-state index in [0.717, 1.165) is 46.2 Å². The van der Waals surface area contributed by atoms with Gasteiger partial charge in [0.05, 0.1) is 17.5 Å². The summed E-state index contributed by atoms with van der Waals surface area (Å²) in [6, 6.07) is 12.3. The molecule has 1 unspecified atom stereocenters. The Morgan fingerprint density at radius 2 is 2.07 bits per heavy atom. The van der Waals surface area contributed by atoms with E-state index in [4.69, 9.17) is 4.74 Å². The summed E-state index contributed by atoms with van der Waals surface area (Å²) in [6.07, 6.45) is 5.43. The summed E-state index contributed by atoms with van der Waals surface area (Å²) in [5.41, 5.74) is 4.13. The Kier molecular flexibility index (Phi) is 5.12. The fourth-order valence-corrected chi connectivity index (χ4v) is 4.33. The zero-order chi connectivity index (χ0) is 18.8. The zero-order valence-electron chi connectivity index (χ0n) is 15.4. The van der Waals surface area contributed by atoms with Gasteiger partial charge in [-0.15, -0.1) is 0 Å². The van der Waals surface area contributed by atoms with Crippen LogP contribution in [0.4, 0.5) is 0 Å². The van der Waals surface area contributed by atoms with E-state index >= 15 is 0 Å². The molecule has 1 heterocycles. The van der Waals surface area contributed by atoms with Gasteiger partial charge >= 0.3 is 5.97 Å². The molecule has 0 radical (unpaired) electrons. The van der Waals surface area contributed by atoms with Gasteiger partial charge < -0.3 is 9.84 Å². The summed E-state index contributed by atoms with van der Waals surface area (Å²) >= 11 is 1.46. The molecule has 0 saturated heterocycles. The highest BCUT2D eigenvalue weighted by Gasteiger charge is 2.20. The summed E-state index contributed by atoms with van der Waals surface area (Å²) in [6.45, 7) is 1.74. The highest BCUT2D eigenvalue weighted by Crippen LogP contribution is 2.36. The van der Waals surface area contributed by atoms with E-state index in [-0.39, 0.29) is 6.10 Å². The van der Waals surface area contributed by atoms with Crippen molar-refractivity contribution in [2.45, 2.75) is 45.1 Å². The fraction of sp³-hybridized carbons (Fsp3) is 0.364. The highest BCUT2D eigenvalue weighted by molar-refractivity contribution is 7.04. The molecule has 2 aromatic carbocycles. The van der Waals surface area contributed by atoms with E-state index in [2.05, 4.69) is 22.6 Å². The van der Waals surface area contributed by atoms with Crippen molar-refractivity contribution in [2.75, 3.05) is 0 Å². The van der Waals surface area contributed by atoms with Crippen LogP contribution < -0.4 is 4.74 Å². The van der Waals surface area contributed by atoms with Crippen LogP contribution in [-0.4, -0.2) is 21.6 Å². The SMILES string of the molecule is CC(Cc1ccc(OC2CCCC2)c(-c2ccc3nscc3c2)c1)C(=O)O. The van der Waals surface area contributed by atoms with Crippen LogP contribution in [0.2, 0.25) is 0 Å². The average molecular weight is 381 g/mol. The highest BCUT2D eigenvalue weighted by atomic mass is 32.1. The lowest BCUT2D eigenvalue weighted by Gasteiger charge is -2.18. The number of aliphatic carboxylic acids is 1. The Bertz CT molecular complexity index is 959. The number of carbonyl (C=O) groups is 1. The molecule has 0 spiro atoms. The molecule has 1 aromatic heterocycles. The van der Waals surface area contributed by atoms with E-state index in [1.54, 1.807) is 6.92 Å². The number of rotatable bonds is 6. The normalized spacial score (nSPS) is 15.9. The van der Waals surface area contributed by atoms with Gasteiger partial charge in [0.2, 0.25) is 0 Å². The molecule has 1 fully saturated rings. The van der Waals surface area contributed by atoms with Gasteiger partial charge in [-0.05, 0) is 79.0 Å². The standard InChI is InChI=1S/C22H23NO3S/c1-14(22(24)25)10-15-6-9-21(26-18-4-2-3-5-18)19(11-15)16-7-8-20-17(12-16)13-27-23-20/h6-9,11-14,18H,2-5,10H2,1H3,(H,24,25). The number of hydrogen-bond donors (Lipinski definition) is 1. The lowest BCUT2D eigenvalue weighted by molar-refractivity contribution is -0.141. The second-order valence-electron chi connectivity index (χ2n) is 7.39. The minimum atomic E-state index is -0.770. The molecule has 140 valence electrons. The maximum atomic E-state index is 11.2. The molecule has 27 heavy (non-hydrogen) atoms. The van der Waals surface area contributed by atoms with Crippen LogP contribution in [0.15, 0.2) is 41.8 Å². The molecule has 0 amide bonds. The van der Waals surface area contributed by atoms with Crippen molar-refractivity contribution in [3.8, 4) is 16.9 Å². The molecule has 1 N–H and O–H groups in total. The Morgan fingerprint density at radius 1 is 1.26 bits per heavy atom. The summed E-state index contributed by atoms with van der Waals surface area (Å²) in [7, 11) is 0. The van der Waals surface area contributed by atoms with Gasteiger partial charge in [0, 0.05) is 16.3 Å². The summed E-state index contributed by atoms with van der Waals surface area (Å²) < 4.78 is 10.7. The second kappa shape index (κ2) is 7.69. The fourth-order valence-electron chi connectivity index (χ4n) is 3.70. The summed E-state index contributed by atoms with van der Waals surface area (Å²) in [5, 5.41) is 12.4. The van der Waals surface area contributed by atoms with Crippen LogP contribution in [0.3, 0.4) is 0 Å². The van der Waals surface area contributed by atoms with Gasteiger partial charge in [-0.1, -0.05) is 19.1 Å². The Balaban J connectivity index is 1.72. The first kappa shape index (κ1) is 18.0. The van der Waals surface area contributed by atoms with Crippen molar-refractivity contribution >= 4 is 28.4 Å². The van der Waals surface area contributed by atoms with E-state index in [1.807, 2.05) is 23.6 Å². The number of carboxylic acids is 1. The minimum absolute atomic E-state index is 0.277. The van der Waals surface area contributed by atoms with Gasteiger partial charge in [-0.3, -0.25) is 4.79 Å². The lowest BCUT2D eigenvalue weighted by Crippen LogP contribution is -2.13. The first-order chi connectivity index (χ1) is 13.1. The maximum absolute atomic E-state index is 11.2. The van der Waals surface area contributed by atoms with E-state index in [1.165, 1.54) is 24.4 Å². The quantitative estimate of drug-likeness (QED) is 0.608. The number of hydrogen-bond acceptors (Lipinski definition) is 4. The summed E-state index contributed by atoms with van der Waals surface area (Å²) in [5.74, 6) is -0.298. The molecular formula is C22H23NO3S. The third kappa shape index (κ3) is 3.98. The number of nitrogens with zero attached hydrogens (tertiary/aromatic N) is 1. The van der Waals surface area contributed by atoms with Crippen molar-refractivity contribution in [1.82, 2.24) is 4.37 Å². The largest absolute Gasteiger partial charge is 0.490 e. The first-order valence-corrected chi connectivity index (χ1v) is 10.3. The number of fused-ring (bicyclic) bond motifs is 1. The third-order valence-electron chi connectivity index (χ3n) is 5.27. The van der Waals surface area contributed by atoms with Gasteiger partial charge in [0.1, 0.15) is 5.75 Å². The first-order valence-electron chi connectivity index (χ1n) is 9.47. The molecular weight excluding hydrogens is 358 g/mol. The van der Waals surface area contributed by atoms with Crippen molar-refractivity contribution in [3.05, 3.63) is 47.3 Å². The van der Waals surface area contributed by atoms with Crippen molar-refractivity contribution in [3.63, 3.8) is 0 Å². The van der Waals surface area contributed by atoms with Crippen LogP contribution >= 0.6 is 11.5 Å². The van der Waals surface area contributed by atoms with Gasteiger partial charge in [-0.25, -0.2) is 0 Å². The van der Waals surface area contributed by atoms with Crippen molar-refractivity contribution in [1.29, 1.82) is 0 Å². The average Bonchev–Trinajstić information content (AvgIpc) is 3.33.